The molecule has 0 spiro atoms. The molecule has 1 N–H and O–H groups in total. The number of ether oxygens (including phenoxy) is 1. The molecule has 0 aromatic heterocycles. The lowest BCUT2D eigenvalue weighted by atomic mass is 9.84. The van der Waals surface area contributed by atoms with Crippen molar-refractivity contribution in [3.05, 3.63) is 60.2 Å². The lowest BCUT2D eigenvalue weighted by Crippen LogP contribution is -2.52. The monoisotopic (exact) mass is 384 g/mol. The van der Waals surface area contributed by atoms with Crippen LogP contribution in [0.5, 0.6) is 0 Å². The first-order chi connectivity index (χ1) is 13.6. The molecule has 1 aromatic rings. The Hall–Kier alpha value is -1.71. The van der Waals surface area contributed by atoms with Gasteiger partial charge in [0.05, 0.1) is 6.10 Å². The maximum atomic E-state index is 13.3. The van der Waals surface area contributed by atoms with Gasteiger partial charge < -0.3 is 9.84 Å². The number of carbonyl (C=O) groups excluding carboxylic acids is 1. The third-order valence-corrected chi connectivity index (χ3v) is 5.43. The smallest absolute Gasteiger partial charge is 0.201 e. The molecule has 3 atom stereocenters. The van der Waals surface area contributed by atoms with E-state index in [4.69, 9.17) is 4.74 Å². The molecule has 0 bridgehead atoms. The summed E-state index contributed by atoms with van der Waals surface area (Å²) in [5.41, 5.74) is -0.769. The van der Waals surface area contributed by atoms with Gasteiger partial charge in [0.25, 0.3) is 0 Å². The molecule has 0 radical (unpaired) electrons. The van der Waals surface area contributed by atoms with E-state index in [2.05, 4.69) is 13.8 Å². The Kier molecular flexibility index (Phi) is 9.66. The van der Waals surface area contributed by atoms with Crippen LogP contribution < -0.4 is 0 Å². The summed E-state index contributed by atoms with van der Waals surface area (Å²) >= 11 is 0. The average Bonchev–Trinajstić information content (AvgIpc) is 2.72. The predicted octanol–water partition coefficient (Wildman–Crippen LogP) is 6.03. The van der Waals surface area contributed by atoms with Crippen molar-refractivity contribution < 1.29 is 14.6 Å². The summed E-state index contributed by atoms with van der Waals surface area (Å²) in [5.74, 6) is -0.176. The fourth-order valence-electron chi connectivity index (χ4n) is 3.81. The van der Waals surface area contributed by atoms with Crippen molar-refractivity contribution in [3.8, 4) is 0 Å². The van der Waals surface area contributed by atoms with E-state index in [1.807, 2.05) is 18.2 Å². The number of aliphatic hydroxyl groups excluding tert-OH is 1. The van der Waals surface area contributed by atoms with Crippen molar-refractivity contribution in [2.75, 3.05) is 0 Å². The van der Waals surface area contributed by atoms with Crippen molar-refractivity contribution in [2.24, 2.45) is 0 Å². The van der Waals surface area contributed by atoms with Gasteiger partial charge in [0.2, 0.25) is 5.78 Å². The first-order valence-electron chi connectivity index (χ1n) is 11.0. The molecule has 0 saturated carbocycles. The minimum absolute atomic E-state index is 0.0327. The summed E-state index contributed by atoms with van der Waals surface area (Å²) in [5, 5.41) is 10.8. The lowest BCUT2D eigenvalue weighted by molar-refractivity contribution is -0.0951. The number of rotatable bonds is 13. The maximum absolute atomic E-state index is 13.3. The summed E-state index contributed by atoms with van der Waals surface area (Å²) in [4.78, 5) is 13.3. The van der Waals surface area contributed by atoms with Gasteiger partial charge in [-0.25, -0.2) is 0 Å². The highest BCUT2D eigenvalue weighted by atomic mass is 16.5. The summed E-state index contributed by atoms with van der Waals surface area (Å²) in [7, 11) is 0. The molecular formula is C25H36O3. The van der Waals surface area contributed by atoms with E-state index >= 15 is 0 Å². The molecule has 3 unspecified atom stereocenters. The Morgan fingerprint density at radius 1 is 1.00 bits per heavy atom. The molecular weight excluding hydrogens is 348 g/mol. The topological polar surface area (TPSA) is 46.5 Å². The quantitative estimate of drug-likeness (QED) is 0.333. The van der Waals surface area contributed by atoms with Crippen molar-refractivity contribution in [3.63, 3.8) is 0 Å². The SMILES string of the molecule is CCCCCCCCC(CCC)OC1(C(=O)c2ccccc2)C=CC=CC1O. The Bertz CT molecular complexity index is 634. The molecule has 3 heteroatoms. The summed E-state index contributed by atoms with van der Waals surface area (Å²) in [6.45, 7) is 4.36. The largest absolute Gasteiger partial charge is 0.385 e. The highest BCUT2D eigenvalue weighted by Gasteiger charge is 2.45. The van der Waals surface area contributed by atoms with Crippen LogP contribution in [-0.4, -0.2) is 28.7 Å². The molecule has 28 heavy (non-hydrogen) atoms. The van der Waals surface area contributed by atoms with Gasteiger partial charge in [0, 0.05) is 5.56 Å². The number of hydrogen-bond acceptors (Lipinski definition) is 3. The molecule has 154 valence electrons. The molecule has 0 saturated heterocycles. The van der Waals surface area contributed by atoms with Gasteiger partial charge in [0.15, 0.2) is 5.60 Å². The van der Waals surface area contributed by atoms with Crippen molar-refractivity contribution in [1.29, 1.82) is 0 Å². The Morgan fingerprint density at radius 3 is 2.39 bits per heavy atom. The second-order valence-electron chi connectivity index (χ2n) is 7.76. The van der Waals surface area contributed by atoms with Crippen LogP contribution in [0.25, 0.3) is 0 Å². The van der Waals surface area contributed by atoms with Crippen LogP contribution in [0.2, 0.25) is 0 Å². The van der Waals surface area contributed by atoms with Crippen molar-refractivity contribution in [2.45, 2.75) is 89.4 Å². The zero-order valence-corrected chi connectivity index (χ0v) is 17.5. The fourth-order valence-corrected chi connectivity index (χ4v) is 3.81. The van der Waals surface area contributed by atoms with E-state index in [1.54, 1.807) is 36.4 Å². The number of ketones is 1. The molecule has 2 rings (SSSR count). The van der Waals surface area contributed by atoms with Crippen molar-refractivity contribution in [1.82, 2.24) is 0 Å². The number of carbonyl (C=O) groups is 1. The molecule has 3 nitrogen and oxygen atoms in total. The van der Waals surface area contributed by atoms with Crippen LogP contribution in [0.3, 0.4) is 0 Å². The highest BCUT2D eigenvalue weighted by molar-refractivity contribution is 6.04. The van der Waals surface area contributed by atoms with Crippen LogP contribution in [0.15, 0.2) is 54.6 Å². The van der Waals surface area contributed by atoms with Crippen LogP contribution >= 0.6 is 0 Å². The normalized spacial score (nSPS) is 22.3. The van der Waals surface area contributed by atoms with E-state index in [9.17, 15) is 9.90 Å². The molecule has 0 aliphatic heterocycles. The Labute approximate surface area is 170 Å². The van der Waals surface area contributed by atoms with E-state index in [1.165, 1.54) is 32.1 Å². The number of Topliss-reactive ketones (excluding diaryl/α,β-unsaturated/α-hetero) is 1. The van der Waals surface area contributed by atoms with Crippen LogP contribution in [0.1, 0.15) is 82.0 Å². The van der Waals surface area contributed by atoms with Gasteiger partial charge in [-0.05, 0) is 18.9 Å². The zero-order chi connectivity index (χ0) is 20.2. The minimum atomic E-state index is -1.34. The summed E-state index contributed by atoms with van der Waals surface area (Å²) in [6.07, 6.45) is 16.1. The number of unbranched alkanes of at least 4 members (excludes halogenated alkanes) is 5. The number of allylic oxidation sites excluding steroid dienone is 2. The Morgan fingerprint density at radius 2 is 1.71 bits per heavy atom. The first-order valence-corrected chi connectivity index (χ1v) is 11.0. The highest BCUT2D eigenvalue weighted by Crippen LogP contribution is 2.31. The van der Waals surface area contributed by atoms with E-state index in [0.717, 1.165) is 25.7 Å². The summed E-state index contributed by atoms with van der Waals surface area (Å²) in [6, 6.07) is 9.14. The van der Waals surface area contributed by atoms with Gasteiger partial charge in [-0.2, -0.15) is 0 Å². The number of hydrogen-bond donors (Lipinski definition) is 1. The van der Waals surface area contributed by atoms with E-state index in [0.29, 0.717) is 5.56 Å². The lowest BCUT2D eigenvalue weighted by Gasteiger charge is -2.37. The van der Waals surface area contributed by atoms with Gasteiger partial charge >= 0.3 is 0 Å². The molecule has 0 fully saturated rings. The molecule has 1 aliphatic carbocycles. The molecule has 1 aliphatic rings. The van der Waals surface area contributed by atoms with Crippen LogP contribution in [0, 0.1) is 0 Å². The third-order valence-electron chi connectivity index (χ3n) is 5.43. The van der Waals surface area contributed by atoms with Crippen molar-refractivity contribution >= 4 is 5.78 Å². The Balaban J connectivity index is 2.10. The standard InChI is InChI=1S/C25H36O3/c1-3-5-6-7-8-12-18-22(15-4-2)28-25(20-14-13-19-23(25)26)24(27)21-16-10-9-11-17-21/h9-11,13-14,16-17,19-20,22-23,26H,3-8,12,15,18H2,1-2H3. The number of benzene rings is 1. The fraction of sp³-hybridized carbons (Fsp3) is 0.560. The summed E-state index contributed by atoms with van der Waals surface area (Å²) < 4.78 is 6.44. The second-order valence-corrected chi connectivity index (χ2v) is 7.76. The van der Waals surface area contributed by atoms with E-state index in [-0.39, 0.29) is 11.9 Å². The van der Waals surface area contributed by atoms with Gasteiger partial charge in [-0.1, -0.05) is 107 Å². The first kappa shape index (κ1) is 22.6. The second kappa shape index (κ2) is 12.0. The zero-order valence-electron chi connectivity index (χ0n) is 17.5. The van der Waals surface area contributed by atoms with Crippen LogP contribution in [0.4, 0.5) is 0 Å². The van der Waals surface area contributed by atoms with Crippen LogP contribution in [-0.2, 0) is 4.74 Å². The molecule has 1 aromatic carbocycles. The average molecular weight is 385 g/mol. The van der Waals surface area contributed by atoms with E-state index < -0.39 is 11.7 Å². The maximum Gasteiger partial charge on any atom is 0.201 e. The molecule has 0 heterocycles. The van der Waals surface area contributed by atoms with Gasteiger partial charge in [0.1, 0.15) is 6.10 Å². The third kappa shape index (κ3) is 6.15. The molecule has 0 amide bonds. The van der Waals surface area contributed by atoms with Gasteiger partial charge in [-0.15, -0.1) is 0 Å². The minimum Gasteiger partial charge on any atom is -0.385 e. The van der Waals surface area contributed by atoms with Gasteiger partial charge in [-0.3, -0.25) is 4.79 Å². The number of aliphatic hydroxyl groups is 1. The predicted molar refractivity (Wildman–Crippen MR) is 116 cm³/mol.